The smallest absolute Gasteiger partial charge is 0.185 e. The van der Waals surface area contributed by atoms with Gasteiger partial charge < -0.3 is 10.2 Å². The monoisotopic (exact) mass is 281 g/mol. The van der Waals surface area contributed by atoms with Crippen molar-refractivity contribution in [3.05, 3.63) is 11.1 Å². The fraction of sp³-hybridized carbons (Fsp3) is 0.800. The van der Waals surface area contributed by atoms with Crippen LogP contribution in [0.15, 0.2) is 6.20 Å². The molecule has 0 amide bonds. The minimum atomic E-state index is 0.416. The highest BCUT2D eigenvalue weighted by atomic mass is 32.1. The third kappa shape index (κ3) is 3.93. The molecule has 1 unspecified atom stereocenters. The summed E-state index contributed by atoms with van der Waals surface area (Å²) in [6, 6.07) is 1.11. The number of hydrogen-bond acceptors (Lipinski definition) is 4. The van der Waals surface area contributed by atoms with Gasteiger partial charge in [-0.2, -0.15) is 0 Å². The Labute approximate surface area is 121 Å². The van der Waals surface area contributed by atoms with Crippen LogP contribution in [0.25, 0.3) is 0 Å². The molecule has 3 nitrogen and oxygen atoms in total. The van der Waals surface area contributed by atoms with Crippen LogP contribution in [0.4, 0.5) is 5.13 Å². The lowest BCUT2D eigenvalue weighted by Crippen LogP contribution is -2.30. The molecule has 1 aromatic heterocycles. The van der Waals surface area contributed by atoms with Crippen LogP contribution >= 0.6 is 11.3 Å². The van der Waals surface area contributed by atoms with E-state index in [0.717, 1.165) is 6.54 Å². The van der Waals surface area contributed by atoms with Crippen molar-refractivity contribution in [2.75, 3.05) is 18.5 Å². The van der Waals surface area contributed by atoms with E-state index in [2.05, 4.69) is 36.1 Å². The summed E-state index contributed by atoms with van der Waals surface area (Å²) in [5.41, 5.74) is 0. The highest BCUT2D eigenvalue weighted by molar-refractivity contribution is 7.15. The van der Waals surface area contributed by atoms with E-state index in [1.165, 1.54) is 48.5 Å². The van der Waals surface area contributed by atoms with Crippen molar-refractivity contribution in [1.29, 1.82) is 0 Å². The number of nitrogens with zero attached hydrogens (tertiary/aromatic N) is 2. The molecule has 0 bridgehead atoms. The Hall–Kier alpha value is -0.610. The number of aromatic nitrogens is 1. The van der Waals surface area contributed by atoms with Gasteiger partial charge >= 0.3 is 0 Å². The molecular weight excluding hydrogens is 254 g/mol. The zero-order chi connectivity index (χ0) is 13.7. The third-order valence-electron chi connectivity index (χ3n) is 4.12. The van der Waals surface area contributed by atoms with Crippen LogP contribution in [-0.4, -0.2) is 24.6 Å². The molecule has 108 valence electrons. The normalized spacial score (nSPS) is 19.1. The highest BCUT2D eigenvalue weighted by Crippen LogP contribution is 2.30. The molecule has 0 radical (unpaired) electrons. The van der Waals surface area contributed by atoms with E-state index in [4.69, 9.17) is 0 Å². The summed E-state index contributed by atoms with van der Waals surface area (Å²) >= 11 is 1.84. The fourth-order valence-electron chi connectivity index (χ4n) is 2.85. The van der Waals surface area contributed by atoms with Crippen molar-refractivity contribution in [2.24, 2.45) is 0 Å². The minimum absolute atomic E-state index is 0.416. The number of nitrogens with one attached hydrogen (secondary N) is 1. The summed E-state index contributed by atoms with van der Waals surface area (Å²) in [6.45, 7) is 5.37. The molecule has 1 aliphatic carbocycles. The topological polar surface area (TPSA) is 28.2 Å². The van der Waals surface area contributed by atoms with Gasteiger partial charge in [-0.15, -0.1) is 11.3 Å². The molecule has 0 spiro atoms. The molecule has 1 saturated carbocycles. The zero-order valence-corrected chi connectivity index (χ0v) is 13.3. The minimum Gasteiger partial charge on any atom is -0.348 e. The Balaban J connectivity index is 2.00. The van der Waals surface area contributed by atoms with Crippen molar-refractivity contribution in [1.82, 2.24) is 10.3 Å². The number of thiazole rings is 1. The van der Waals surface area contributed by atoms with Crippen LogP contribution in [0.5, 0.6) is 0 Å². The van der Waals surface area contributed by atoms with Crippen molar-refractivity contribution < 1.29 is 0 Å². The van der Waals surface area contributed by atoms with Crippen molar-refractivity contribution in [2.45, 2.75) is 64.5 Å². The second kappa shape index (κ2) is 7.25. The molecule has 1 heterocycles. The molecule has 19 heavy (non-hydrogen) atoms. The standard InChI is InChI=1S/C15H27N3S/c1-4-16-12(2)14-11-17-15(19-14)18(3)13-9-7-5-6-8-10-13/h11-13,16H,4-10H2,1-3H3. The first-order chi connectivity index (χ1) is 9.22. The summed E-state index contributed by atoms with van der Waals surface area (Å²) in [7, 11) is 2.22. The molecular formula is C15H27N3S. The second-order valence-corrected chi connectivity index (χ2v) is 6.62. The molecule has 1 aromatic rings. The van der Waals surface area contributed by atoms with E-state index in [9.17, 15) is 0 Å². The van der Waals surface area contributed by atoms with Gasteiger partial charge in [-0.25, -0.2) is 4.98 Å². The lowest BCUT2D eigenvalue weighted by atomic mass is 10.1. The van der Waals surface area contributed by atoms with Crippen molar-refractivity contribution in [3.63, 3.8) is 0 Å². The van der Waals surface area contributed by atoms with E-state index < -0.39 is 0 Å². The summed E-state index contributed by atoms with van der Waals surface area (Å²) < 4.78 is 0. The maximum absolute atomic E-state index is 4.63. The average molecular weight is 281 g/mol. The third-order valence-corrected chi connectivity index (χ3v) is 5.39. The van der Waals surface area contributed by atoms with Gasteiger partial charge in [-0.3, -0.25) is 0 Å². The molecule has 1 fully saturated rings. The predicted octanol–water partition coefficient (Wildman–Crippen LogP) is 3.97. The van der Waals surface area contributed by atoms with E-state index >= 15 is 0 Å². The maximum atomic E-state index is 4.63. The molecule has 1 aliphatic rings. The second-order valence-electron chi connectivity index (χ2n) is 5.58. The first-order valence-electron chi connectivity index (χ1n) is 7.64. The molecule has 0 saturated heterocycles. The van der Waals surface area contributed by atoms with Crippen LogP contribution in [0.3, 0.4) is 0 Å². The lowest BCUT2D eigenvalue weighted by molar-refractivity contribution is 0.552. The van der Waals surface area contributed by atoms with Crippen LogP contribution in [0.2, 0.25) is 0 Å². The van der Waals surface area contributed by atoms with Gasteiger partial charge in [0.05, 0.1) is 0 Å². The summed E-state index contributed by atoms with van der Waals surface area (Å²) in [5.74, 6) is 0. The Morgan fingerprint density at radius 1 is 1.37 bits per heavy atom. The molecule has 2 rings (SSSR count). The lowest BCUT2D eigenvalue weighted by Gasteiger charge is -2.26. The number of hydrogen-bond donors (Lipinski definition) is 1. The van der Waals surface area contributed by atoms with Gasteiger partial charge in [0.25, 0.3) is 0 Å². The average Bonchev–Trinajstić information content (AvgIpc) is 2.74. The summed E-state index contributed by atoms with van der Waals surface area (Å²) in [6.07, 6.45) is 10.3. The number of rotatable bonds is 5. The van der Waals surface area contributed by atoms with Gasteiger partial charge in [0.15, 0.2) is 5.13 Å². The Morgan fingerprint density at radius 2 is 2.05 bits per heavy atom. The molecule has 0 aliphatic heterocycles. The van der Waals surface area contributed by atoms with E-state index in [1.807, 2.05) is 17.5 Å². The van der Waals surface area contributed by atoms with E-state index in [1.54, 1.807) is 0 Å². The van der Waals surface area contributed by atoms with Crippen molar-refractivity contribution in [3.8, 4) is 0 Å². The van der Waals surface area contributed by atoms with Gasteiger partial charge in [0.1, 0.15) is 0 Å². The van der Waals surface area contributed by atoms with Crippen LogP contribution in [0, 0.1) is 0 Å². The Morgan fingerprint density at radius 3 is 2.68 bits per heavy atom. The predicted molar refractivity (Wildman–Crippen MR) is 84.1 cm³/mol. The van der Waals surface area contributed by atoms with Gasteiger partial charge in [0.2, 0.25) is 0 Å². The highest BCUT2D eigenvalue weighted by Gasteiger charge is 2.20. The first kappa shape index (κ1) is 14.8. The van der Waals surface area contributed by atoms with Crippen LogP contribution in [-0.2, 0) is 0 Å². The molecule has 1 atom stereocenters. The SMILES string of the molecule is CCNC(C)c1cnc(N(C)C2CCCCCC2)s1. The largest absolute Gasteiger partial charge is 0.348 e. The van der Waals surface area contributed by atoms with Gasteiger partial charge in [-0.1, -0.05) is 32.6 Å². The molecule has 1 N–H and O–H groups in total. The summed E-state index contributed by atoms with van der Waals surface area (Å²) in [4.78, 5) is 8.39. The van der Waals surface area contributed by atoms with E-state index in [0.29, 0.717) is 12.1 Å². The van der Waals surface area contributed by atoms with Crippen LogP contribution in [0.1, 0.15) is 63.3 Å². The molecule has 4 heteroatoms. The maximum Gasteiger partial charge on any atom is 0.185 e. The Kier molecular flexibility index (Phi) is 5.64. The Bertz CT molecular complexity index is 369. The fourth-order valence-corrected chi connectivity index (χ4v) is 3.82. The van der Waals surface area contributed by atoms with Crippen LogP contribution < -0.4 is 10.2 Å². The zero-order valence-electron chi connectivity index (χ0n) is 12.5. The summed E-state index contributed by atoms with van der Waals surface area (Å²) in [5, 5.41) is 4.64. The molecule has 0 aromatic carbocycles. The quantitative estimate of drug-likeness (QED) is 0.828. The van der Waals surface area contributed by atoms with E-state index in [-0.39, 0.29) is 0 Å². The number of anilines is 1. The van der Waals surface area contributed by atoms with Gasteiger partial charge in [0, 0.05) is 30.2 Å². The van der Waals surface area contributed by atoms with Crippen molar-refractivity contribution >= 4 is 16.5 Å². The first-order valence-corrected chi connectivity index (χ1v) is 8.46. The van der Waals surface area contributed by atoms with Gasteiger partial charge in [-0.05, 0) is 26.3 Å².